The van der Waals surface area contributed by atoms with Crippen molar-refractivity contribution in [2.24, 2.45) is 11.5 Å². The number of carbonyl (C=O) groups is 4. The van der Waals surface area contributed by atoms with E-state index in [1.807, 2.05) is 45.0 Å². The highest BCUT2D eigenvalue weighted by molar-refractivity contribution is 7.92. The van der Waals surface area contributed by atoms with Crippen LogP contribution in [-0.2, 0) is 25.0 Å². The minimum absolute atomic E-state index is 0.0811. The number of carboxylic acids is 1. The number of carbonyl (C=O) groups excluding carboxylic acids is 3. The van der Waals surface area contributed by atoms with Crippen LogP contribution in [0.4, 0.5) is 33.4 Å². The second kappa shape index (κ2) is 21.0. The summed E-state index contributed by atoms with van der Waals surface area (Å²) in [5.74, 6) is 0.213. The summed E-state index contributed by atoms with van der Waals surface area (Å²) in [7, 11) is -0.879. The molecule has 1 fully saturated rings. The minimum Gasteiger partial charge on any atom is -0.496 e. The maximum absolute atomic E-state index is 13.4. The fourth-order valence-electron chi connectivity index (χ4n) is 7.59. The van der Waals surface area contributed by atoms with Crippen LogP contribution in [0.3, 0.4) is 0 Å². The molecule has 19 nitrogen and oxygen atoms in total. The average Bonchev–Trinajstić information content (AvgIpc) is 3.28. The number of nitrogens with zero attached hydrogens (tertiary/aromatic N) is 4. The number of nitrogens with one attached hydrogen (secondary N) is 3. The first-order valence-electron chi connectivity index (χ1n) is 21.4. The molecular weight excluding hydrogens is 883 g/mol. The van der Waals surface area contributed by atoms with Gasteiger partial charge in [0.25, 0.3) is 5.91 Å². The standard InChI is InChI=1S/C47H57N9O10S/c1-47(2,3)29-25-36(53-67(6,62)63)43(65-5)38(26-29)56(46(49)61)37-14-15-39(33-10-8-7-9-32(33)37)66-31-17-18-50-41(28-31)52-30-11-12-34(40(27-30)64-4)44(58)51-19-20-54-21-23-55(24-22-54)42(57)16-13-35(48)45(59)60/h7-12,14-15,17-18,25-28,35,53H,13,16,19-24,48H2,1-6H3,(H2,49,61)(H,50,52)(H,51,58)(H,59,60)/t35-/m1/s1. The van der Waals surface area contributed by atoms with E-state index in [-0.39, 0.29) is 41.8 Å². The highest BCUT2D eigenvalue weighted by Gasteiger charge is 2.29. The van der Waals surface area contributed by atoms with E-state index in [4.69, 9.17) is 30.8 Å². The van der Waals surface area contributed by atoms with E-state index in [0.717, 1.165) is 11.8 Å². The van der Waals surface area contributed by atoms with Crippen molar-refractivity contribution >= 4 is 73.2 Å². The highest BCUT2D eigenvalue weighted by atomic mass is 32.2. The summed E-state index contributed by atoms with van der Waals surface area (Å²) in [6, 6.07) is 20.7. The Morgan fingerprint density at radius 3 is 2.25 bits per heavy atom. The summed E-state index contributed by atoms with van der Waals surface area (Å²) in [4.78, 5) is 59.7. The fraction of sp³-hybridized carbons (Fsp3) is 0.340. The van der Waals surface area contributed by atoms with Crippen LogP contribution < -0.4 is 45.9 Å². The molecule has 1 aliphatic rings. The highest BCUT2D eigenvalue weighted by Crippen LogP contribution is 2.46. The van der Waals surface area contributed by atoms with E-state index < -0.39 is 33.5 Å². The number of sulfonamides is 1. The average molecular weight is 940 g/mol. The van der Waals surface area contributed by atoms with E-state index >= 15 is 0 Å². The van der Waals surface area contributed by atoms with Crippen LogP contribution in [0, 0.1) is 0 Å². The Hall–Kier alpha value is -7.16. The van der Waals surface area contributed by atoms with Gasteiger partial charge in [0.15, 0.2) is 5.75 Å². The molecule has 4 aromatic carbocycles. The number of primary amides is 1. The molecule has 0 radical (unpaired) electrons. The molecule has 0 bridgehead atoms. The van der Waals surface area contributed by atoms with Crippen molar-refractivity contribution in [3.05, 3.63) is 96.2 Å². The Bertz CT molecular complexity index is 2760. The van der Waals surface area contributed by atoms with Gasteiger partial charge in [0.2, 0.25) is 15.9 Å². The van der Waals surface area contributed by atoms with Crippen molar-refractivity contribution in [2.45, 2.75) is 45.1 Å². The Labute approximate surface area is 389 Å². The third kappa shape index (κ3) is 12.4. The zero-order chi connectivity index (χ0) is 48.6. The molecule has 4 amide bonds. The molecule has 1 saturated heterocycles. The smallest absolute Gasteiger partial charge is 0.324 e. The van der Waals surface area contributed by atoms with Gasteiger partial charge >= 0.3 is 12.0 Å². The normalized spacial score (nSPS) is 13.6. The SMILES string of the molecule is COc1cc(Nc2cc(Oc3ccc(N(C(N)=O)c4cc(C(C)(C)C)cc(NS(C)(=O)=O)c4OC)c4ccccc34)ccn2)ccc1C(=O)NCCN1CCN(C(=O)CC[C@@H](N)C(=O)O)CC1. The second-order valence-electron chi connectivity index (χ2n) is 17.0. The number of ether oxygens (including phenoxy) is 3. The summed E-state index contributed by atoms with van der Waals surface area (Å²) in [6.07, 6.45) is 2.78. The van der Waals surface area contributed by atoms with Crippen LogP contribution in [0.25, 0.3) is 10.8 Å². The number of urea groups is 1. The first-order chi connectivity index (χ1) is 31.8. The van der Waals surface area contributed by atoms with Crippen molar-refractivity contribution in [1.29, 1.82) is 0 Å². The summed E-state index contributed by atoms with van der Waals surface area (Å²) < 4.78 is 45.2. The van der Waals surface area contributed by atoms with Gasteiger partial charge in [-0.1, -0.05) is 45.0 Å². The number of aliphatic carboxylic acids is 1. The number of carboxylic acid groups (broad SMARTS) is 1. The van der Waals surface area contributed by atoms with Gasteiger partial charge in [-0.15, -0.1) is 0 Å². The summed E-state index contributed by atoms with van der Waals surface area (Å²) in [5, 5.41) is 16.4. The molecular formula is C47H57N9O10S. The third-order valence-corrected chi connectivity index (χ3v) is 11.7. The molecule has 0 spiro atoms. The van der Waals surface area contributed by atoms with Gasteiger partial charge in [-0.05, 0) is 59.9 Å². The van der Waals surface area contributed by atoms with Gasteiger partial charge in [-0.3, -0.25) is 28.9 Å². The van der Waals surface area contributed by atoms with Gasteiger partial charge in [-0.25, -0.2) is 18.2 Å². The topological polar surface area (TPSA) is 261 Å². The van der Waals surface area contributed by atoms with E-state index in [2.05, 4.69) is 25.2 Å². The molecule has 8 N–H and O–H groups in total. The molecule has 1 aliphatic heterocycles. The van der Waals surface area contributed by atoms with Crippen LogP contribution in [0.15, 0.2) is 85.1 Å². The molecule has 2 heterocycles. The molecule has 5 aromatic rings. The van der Waals surface area contributed by atoms with E-state index in [0.29, 0.717) is 90.0 Å². The van der Waals surface area contributed by atoms with Crippen LogP contribution in [0.1, 0.15) is 49.5 Å². The van der Waals surface area contributed by atoms with Crippen LogP contribution in [0.5, 0.6) is 23.0 Å². The number of benzene rings is 4. The molecule has 356 valence electrons. The number of aromatic nitrogens is 1. The van der Waals surface area contributed by atoms with E-state index in [1.54, 1.807) is 65.7 Å². The number of hydrogen-bond acceptors (Lipinski definition) is 13. The van der Waals surface area contributed by atoms with Gasteiger partial charge in [0, 0.05) is 80.5 Å². The number of fused-ring (bicyclic) bond motifs is 1. The zero-order valence-electron chi connectivity index (χ0n) is 38.3. The number of rotatable bonds is 18. The lowest BCUT2D eigenvalue weighted by atomic mass is 9.86. The Morgan fingerprint density at radius 2 is 1.61 bits per heavy atom. The molecule has 20 heteroatoms. The predicted octanol–water partition coefficient (Wildman–Crippen LogP) is 5.74. The van der Waals surface area contributed by atoms with Crippen molar-refractivity contribution in [3.8, 4) is 23.0 Å². The maximum atomic E-state index is 13.4. The molecule has 0 unspecified atom stereocenters. The number of nitrogens with two attached hydrogens (primary N) is 2. The molecule has 0 aliphatic carbocycles. The fourth-order valence-corrected chi connectivity index (χ4v) is 8.14. The van der Waals surface area contributed by atoms with Crippen LogP contribution >= 0.6 is 0 Å². The van der Waals surface area contributed by atoms with Gasteiger partial charge < -0.3 is 46.3 Å². The summed E-state index contributed by atoms with van der Waals surface area (Å²) in [5.41, 5.74) is 13.6. The van der Waals surface area contributed by atoms with Crippen molar-refractivity contribution in [3.63, 3.8) is 0 Å². The van der Waals surface area contributed by atoms with E-state index in [9.17, 15) is 27.6 Å². The van der Waals surface area contributed by atoms with Crippen LogP contribution in [0.2, 0.25) is 0 Å². The van der Waals surface area contributed by atoms with Crippen molar-refractivity contribution in [2.75, 3.05) is 74.7 Å². The van der Waals surface area contributed by atoms with E-state index in [1.165, 1.54) is 19.1 Å². The van der Waals surface area contributed by atoms with Crippen molar-refractivity contribution < 1.29 is 46.9 Å². The Balaban J connectivity index is 1.14. The Kier molecular flexibility index (Phi) is 15.4. The maximum Gasteiger partial charge on any atom is 0.324 e. The lowest BCUT2D eigenvalue weighted by molar-refractivity contribution is -0.139. The second-order valence-corrected chi connectivity index (χ2v) is 18.7. The molecule has 1 aromatic heterocycles. The molecule has 1 atom stereocenters. The molecule has 0 saturated carbocycles. The minimum atomic E-state index is -3.74. The lowest BCUT2D eigenvalue weighted by Crippen LogP contribution is -2.50. The number of amides is 4. The first kappa shape index (κ1) is 49.3. The number of hydrogen-bond donors (Lipinski definition) is 6. The van der Waals surface area contributed by atoms with Crippen molar-refractivity contribution in [1.82, 2.24) is 20.1 Å². The first-order valence-corrected chi connectivity index (χ1v) is 23.3. The van der Waals surface area contributed by atoms with Gasteiger partial charge in [0.05, 0.1) is 43.1 Å². The molecule has 67 heavy (non-hydrogen) atoms. The molecule has 6 rings (SSSR count). The quantitative estimate of drug-likeness (QED) is 0.0613. The number of piperazine rings is 1. The third-order valence-electron chi connectivity index (χ3n) is 11.1. The number of anilines is 5. The van der Waals surface area contributed by atoms with Crippen LogP contribution in [-0.4, -0.2) is 118 Å². The summed E-state index contributed by atoms with van der Waals surface area (Å²) >= 11 is 0. The largest absolute Gasteiger partial charge is 0.496 e. The Morgan fingerprint density at radius 1 is 0.896 bits per heavy atom. The number of methoxy groups -OCH3 is 2. The monoisotopic (exact) mass is 939 g/mol. The number of pyridine rings is 1. The predicted molar refractivity (Wildman–Crippen MR) is 257 cm³/mol. The summed E-state index contributed by atoms with van der Waals surface area (Å²) in [6.45, 7) is 9.08. The van der Waals surface area contributed by atoms with Gasteiger partial charge in [-0.2, -0.15) is 0 Å². The lowest BCUT2D eigenvalue weighted by Gasteiger charge is -2.34. The zero-order valence-corrected chi connectivity index (χ0v) is 39.1. The van der Waals surface area contributed by atoms with Gasteiger partial charge in [0.1, 0.15) is 29.1 Å².